The van der Waals surface area contributed by atoms with E-state index < -0.39 is 5.69 Å². The van der Waals surface area contributed by atoms with E-state index >= 15 is 0 Å². The Kier molecular flexibility index (Phi) is 6.04. The Labute approximate surface area is 183 Å². The molecule has 0 radical (unpaired) electrons. The first-order valence-corrected chi connectivity index (χ1v) is 10.4. The summed E-state index contributed by atoms with van der Waals surface area (Å²) in [7, 11) is 0. The summed E-state index contributed by atoms with van der Waals surface area (Å²) in [6.45, 7) is 4.03. The molecule has 0 spiro atoms. The minimum atomic E-state index is -0.430. The van der Waals surface area contributed by atoms with Gasteiger partial charge in [0.15, 0.2) is 5.75 Å². The molecule has 0 fully saturated rings. The van der Waals surface area contributed by atoms with Crippen molar-refractivity contribution in [3.05, 3.63) is 64.8 Å². The highest BCUT2D eigenvalue weighted by atomic mass is 127. The smallest absolute Gasteiger partial charge is 0.325 e. The van der Waals surface area contributed by atoms with Crippen molar-refractivity contribution < 1.29 is 14.9 Å². The van der Waals surface area contributed by atoms with E-state index in [1.54, 1.807) is 12.1 Å². The Morgan fingerprint density at radius 1 is 1.07 bits per heavy atom. The molecule has 0 atom stereocenters. The SMILES string of the molecule is CC(C)c1cc(Oc2c(I)cc(Cc3[nH]c(=O)[nH]c3O)cc2I)ccc1O. The zero-order valence-corrected chi connectivity index (χ0v) is 19.0. The summed E-state index contributed by atoms with van der Waals surface area (Å²) >= 11 is 4.40. The molecule has 1 aromatic heterocycles. The lowest BCUT2D eigenvalue weighted by molar-refractivity contribution is 0.449. The van der Waals surface area contributed by atoms with Gasteiger partial charge in [-0.1, -0.05) is 13.8 Å². The molecule has 0 bridgehead atoms. The molecule has 0 aliphatic rings. The Balaban J connectivity index is 1.88. The number of hydrogen-bond donors (Lipinski definition) is 4. The second kappa shape index (κ2) is 8.13. The second-order valence-corrected chi connectivity index (χ2v) is 8.77. The predicted molar refractivity (Wildman–Crippen MR) is 120 cm³/mol. The molecule has 1 heterocycles. The number of rotatable bonds is 5. The zero-order valence-electron chi connectivity index (χ0n) is 14.6. The number of imidazole rings is 1. The summed E-state index contributed by atoms with van der Waals surface area (Å²) in [5.74, 6) is 1.69. The van der Waals surface area contributed by atoms with Gasteiger partial charge in [-0.3, -0.25) is 4.98 Å². The van der Waals surface area contributed by atoms with E-state index in [-0.39, 0.29) is 17.5 Å². The van der Waals surface area contributed by atoms with Crippen molar-refractivity contribution in [3.63, 3.8) is 0 Å². The average molecular weight is 592 g/mol. The van der Waals surface area contributed by atoms with Crippen LogP contribution in [0.3, 0.4) is 0 Å². The maximum absolute atomic E-state index is 11.3. The number of ether oxygens (including phenoxy) is 1. The zero-order chi connectivity index (χ0) is 19.7. The van der Waals surface area contributed by atoms with Gasteiger partial charge in [0.05, 0.1) is 12.8 Å². The fourth-order valence-corrected chi connectivity index (χ4v) is 4.85. The van der Waals surface area contributed by atoms with E-state index in [1.165, 1.54) is 0 Å². The lowest BCUT2D eigenvalue weighted by atomic mass is 10.0. The first kappa shape index (κ1) is 20.1. The third-order valence-electron chi connectivity index (χ3n) is 4.06. The van der Waals surface area contributed by atoms with E-state index in [9.17, 15) is 15.0 Å². The van der Waals surface area contributed by atoms with Crippen molar-refractivity contribution >= 4 is 45.2 Å². The van der Waals surface area contributed by atoms with Gasteiger partial charge in [-0.25, -0.2) is 4.79 Å². The summed E-state index contributed by atoms with van der Waals surface area (Å²) < 4.78 is 7.90. The number of H-pyrrole nitrogens is 2. The van der Waals surface area contributed by atoms with E-state index in [0.717, 1.165) is 24.0 Å². The van der Waals surface area contributed by atoms with Gasteiger partial charge in [-0.05, 0) is 87.0 Å². The lowest BCUT2D eigenvalue weighted by Crippen LogP contribution is -2.02. The molecule has 4 N–H and O–H groups in total. The van der Waals surface area contributed by atoms with E-state index in [4.69, 9.17) is 4.74 Å². The largest absolute Gasteiger partial charge is 0.508 e. The molecule has 142 valence electrons. The van der Waals surface area contributed by atoms with Crippen molar-refractivity contribution in [2.45, 2.75) is 26.2 Å². The average Bonchev–Trinajstić information content (AvgIpc) is 2.89. The monoisotopic (exact) mass is 592 g/mol. The molecule has 0 saturated heterocycles. The molecule has 6 nitrogen and oxygen atoms in total. The van der Waals surface area contributed by atoms with Crippen LogP contribution in [0.5, 0.6) is 23.1 Å². The lowest BCUT2D eigenvalue weighted by Gasteiger charge is -2.14. The molecule has 0 aliphatic carbocycles. The minimum Gasteiger partial charge on any atom is -0.508 e. The molecule has 0 unspecified atom stereocenters. The Hall–Kier alpha value is -1.69. The van der Waals surface area contributed by atoms with Crippen LogP contribution < -0.4 is 10.4 Å². The number of benzene rings is 2. The summed E-state index contributed by atoms with van der Waals surface area (Å²) in [4.78, 5) is 16.2. The van der Waals surface area contributed by atoms with Crippen LogP contribution in [-0.4, -0.2) is 20.2 Å². The van der Waals surface area contributed by atoms with Crippen LogP contribution in [0.15, 0.2) is 35.1 Å². The fourth-order valence-electron chi connectivity index (χ4n) is 2.73. The third kappa shape index (κ3) is 4.60. The standard InChI is InChI=1S/C19H18I2N2O4/c1-9(2)12-8-11(3-4-16(12)24)27-17-13(20)5-10(6-14(17)21)7-15-18(25)23-19(26)22-15/h3-6,8-9,24-25H,7H2,1-2H3,(H2,22,23,26). The van der Waals surface area contributed by atoms with Crippen LogP contribution in [-0.2, 0) is 6.42 Å². The second-order valence-electron chi connectivity index (χ2n) is 6.45. The number of nitrogens with one attached hydrogen (secondary N) is 2. The first-order chi connectivity index (χ1) is 12.7. The summed E-state index contributed by atoms with van der Waals surface area (Å²) in [5, 5.41) is 19.7. The van der Waals surface area contributed by atoms with Crippen LogP contribution in [0.2, 0.25) is 0 Å². The van der Waals surface area contributed by atoms with Gasteiger partial charge in [-0.15, -0.1) is 0 Å². The normalized spacial score (nSPS) is 11.1. The van der Waals surface area contributed by atoms with Gasteiger partial charge in [0, 0.05) is 12.0 Å². The highest BCUT2D eigenvalue weighted by Crippen LogP contribution is 2.36. The van der Waals surface area contributed by atoms with Crippen molar-refractivity contribution in [1.29, 1.82) is 0 Å². The van der Waals surface area contributed by atoms with Gasteiger partial charge in [-0.2, -0.15) is 0 Å². The molecule has 27 heavy (non-hydrogen) atoms. The number of aromatic nitrogens is 2. The van der Waals surface area contributed by atoms with Crippen LogP contribution in [0.4, 0.5) is 0 Å². The van der Waals surface area contributed by atoms with Gasteiger partial charge in [0.2, 0.25) is 5.88 Å². The van der Waals surface area contributed by atoms with Crippen molar-refractivity contribution in [3.8, 4) is 23.1 Å². The molecule has 3 aromatic rings. The molecule has 3 rings (SSSR count). The Bertz CT molecular complexity index is 1020. The van der Waals surface area contributed by atoms with Gasteiger partial charge >= 0.3 is 5.69 Å². The maximum atomic E-state index is 11.3. The molecule has 0 aliphatic heterocycles. The summed E-state index contributed by atoms with van der Waals surface area (Å²) in [6, 6.07) is 9.13. The maximum Gasteiger partial charge on any atom is 0.325 e. The Morgan fingerprint density at radius 3 is 2.30 bits per heavy atom. The number of phenolic OH excluding ortho intramolecular Hbond substituents is 1. The van der Waals surface area contributed by atoms with E-state index in [2.05, 4.69) is 55.1 Å². The molecule has 0 amide bonds. The van der Waals surface area contributed by atoms with E-state index in [1.807, 2.05) is 32.0 Å². The van der Waals surface area contributed by atoms with Crippen molar-refractivity contribution in [2.24, 2.45) is 0 Å². The molecular formula is C19H18I2N2O4. The molecule has 8 heteroatoms. The summed E-state index contributed by atoms with van der Waals surface area (Å²) in [6.07, 6.45) is 0.396. The van der Waals surface area contributed by atoms with E-state index in [0.29, 0.717) is 17.9 Å². The quantitative estimate of drug-likeness (QED) is 0.320. The molecular weight excluding hydrogens is 574 g/mol. The fraction of sp³-hybridized carbons (Fsp3) is 0.211. The van der Waals surface area contributed by atoms with Gasteiger partial charge < -0.3 is 19.9 Å². The van der Waals surface area contributed by atoms with Crippen LogP contribution in [0, 0.1) is 7.14 Å². The van der Waals surface area contributed by atoms with Gasteiger partial charge in [0.25, 0.3) is 0 Å². The van der Waals surface area contributed by atoms with Crippen molar-refractivity contribution in [2.75, 3.05) is 0 Å². The van der Waals surface area contributed by atoms with Crippen LogP contribution in [0.1, 0.15) is 36.6 Å². The topological polar surface area (TPSA) is 98.3 Å². The highest BCUT2D eigenvalue weighted by molar-refractivity contribution is 14.1. The number of hydrogen-bond acceptors (Lipinski definition) is 4. The molecule has 0 saturated carbocycles. The van der Waals surface area contributed by atoms with Crippen LogP contribution in [0.25, 0.3) is 0 Å². The number of aromatic hydroxyl groups is 2. The summed E-state index contributed by atoms with van der Waals surface area (Å²) in [5.41, 5.74) is 1.79. The number of aromatic amines is 2. The molecule has 2 aromatic carbocycles. The van der Waals surface area contributed by atoms with Crippen molar-refractivity contribution in [1.82, 2.24) is 9.97 Å². The number of halogens is 2. The first-order valence-electron chi connectivity index (χ1n) is 8.23. The highest BCUT2D eigenvalue weighted by Gasteiger charge is 2.14. The Morgan fingerprint density at radius 2 is 1.74 bits per heavy atom. The third-order valence-corrected chi connectivity index (χ3v) is 5.66. The van der Waals surface area contributed by atoms with Gasteiger partial charge in [0.1, 0.15) is 11.5 Å². The number of phenols is 1. The predicted octanol–water partition coefficient (Wildman–Crippen LogP) is 4.83. The minimum absolute atomic E-state index is 0.143. The van der Waals surface area contributed by atoms with Crippen LogP contribution >= 0.6 is 45.2 Å².